The quantitative estimate of drug-likeness (QED) is 0.501. The molecule has 0 spiro atoms. The van der Waals surface area contributed by atoms with E-state index in [9.17, 15) is 0 Å². The number of hydrogen-bond acceptors (Lipinski definition) is 0. The van der Waals surface area contributed by atoms with Gasteiger partial charge in [0.25, 0.3) is 0 Å². The molecule has 0 aromatic heterocycles. The molecule has 0 saturated heterocycles. The predicted molar refractivity (Wildman–Crippen MR) is 3.61 cm³/mol. The van der Waals surface area contributed by atoms with E-state index in [1.165, 1.54) is 0 Å². The van der Waals surface area contributed by atoms with Crippen LogP contribution in [0.3, 0.4) is 0 Å². The molecule has 0 aliphatic rings. The van der Waals surface area contributed by atoms with Gasteiger partial charge in [-0.1, -0.05) is 0 Å². The monoisotopic (exact) mass is 369 g/mol. The Hall–Kier alpha value is 3.15. The summed E-state index contributed by atoms with van der Waals surface area (Å²) in [5.41, 5.74) is 0. The van der Waals surface area contributed by atoms with Crippen LogP contribution in [0.25, 0.3) is 0 Å². The van der Waals surface area contributed by atoms with Crippen LogP contribution in [0, 0.1) is 81.7 Å². The fourth-order valence-electron chi connectivity index (χ4n) is 0. The predicted octanol–water partition coefficient (Wildman–Crippen LogP) is -0.827. The maximum absolute atomic E-state index is 0. The van der Waals surface area contributed by atoms with Crippen LogP contribution < -0.4 is 0 Å². The maximum atomic E-state index is 0. The minimum atomic E-state index is 0. The molecule has 0 atom stereocenters. The van der Waals surface area contributed by atoms with Gasteiger partial charge in [-0.05, 0) is 0 Å². The van der Waals surface area contributed by atoms with Crippen molar-refractivity contribution in [3.63, 3.8) is 0 Å². The van der Waals surface area contributed by atoms with Gasteiger partial charge >= 0.3 is 0 Å². The molecule has 0 bridgehead atoms. The number of hydrogen-bond donors (Lipinski definition) is 0. The van der Waals surface area contributed by atoms with Crippen LogP contribution in [0.1, 0.15) is 0 Å². The van der Waals surface area contributed by atoms with Crippen LogP contribution in [-0.4, -0.2) is 5.48 Å². The van der Waals surface area contributed by atoms with Gasteiger partial charge in [-0.15, -0.1) is 0 Å². The Balaban J connectivity index is 0. The normalized spacial score (nSPS) is 0. The van der Waals surface area contributed by atoms with Crippen molar-refractivity contribution in [1.29, 1.82) is 0 Å². The molecule has 4 heavy (non-hydrogen) atoms. The third-order valence-corrected chi connectivity index (χ3v) is 0. The molecule has 27 valence electrons. The van der Waals surface area contributed by atoms with Crippen molar-refractivity contribution in [3.05, 3.63) is 0 Å². The van der Waals surface area contributed by atoms with Crippen molar-refractivity contribution >= 4 is 0 Å². The van der Waals surface area contributed by atoms with E-state index in [-0.39, 0.29) is 104 Å². The van der Waals surface area contributed by atoms with Crippen LogP contribution in [0.15, 0.2) is 0 Å². The topological polar surface area (TPSA) is 31.5 Å². The molecule has 0 unspecified atom stereocenters. The van der Waals surface area contributed by atoms with Crippen molar-refractivity contribution in [2.75, 3.05) is 0 Å². The second-order valence-corrected chi connectivity index (χ2v) is 0. The first-order chi connectivity index (χ1) is 0. The summed E-state index contributed by atoms with van der Waals surface area (Å²) in [6, 6.07) is 0. The largest absolute Gasteiger partial charge is 0.412 e. The molecule has 0 saturated carbocycles. The molecule has 0 aliphatic heterocycles. The molecule has 1 radical (unpaired) electrons. The minimum absolute atomic E-state index is 0. The summed E-state index contributed by atoms with van der Waals surface area (Å²) in [4.78, 5) is 0. The molecule has 0 aliphatic carbocycles. The van der Waals surface area contributed by atoms with E-state index in [4.69, 9.17) is 0 Å². The van der Waals surface area contributed by atoms with E-state index in [0.29, 0.717) is 0 Å². The smallest absolute Gasteiger partial charge is 0 e. The Bertz CT molecular complexity index is 8.00. The van der Waals surface area contributed by atoms with Gasteiger partial charge in [0.05, 0.1) is 0 Å². The molecular weight excluding hydrogens is 366 g/mol. The van der Waals surface area contributed by atoms with E-state index in [1.54, 1.807) is 0 Å². The Kier molecular flexibility index (Phi) is 112. The van der Waals surface area contributed by atoms with E-state index in [0.717, 1.165) is 0 Å². The first-order valence-corrected chi connectivity index (χ1v) is 0. The van der Waals surface area contributed by atoms with E-state index >= 15 is 0 Å². The Morgan fingerprint density at radius 3 is 1.00 bits per heavy atom. The molecule has 0 fully saturated rings. The summed E-state index contributed by atoms with van der Waals surface area (Å²) in [6.07, 6.45) is 0. The van der Waals surface area contributed by atoms with Crippen LogP contribution in [0.2, 0.25) is 0 Å². The summed E-state index contributed by atoms with van der Waals surface area (Å²) in [5, 5.41) is 0. The van der Waals surface area contributed by atoms with Gasteiger partial charge < -0.3 is 5.48 Å². The van der Waals surface area contributed by atoms with Crippen LogP contribution >= 0.6 is 0 Å². The molecule has 1 nitrogen and oxygen atoms in total. The fraction of sp³-hybridized carbons (Fsp3) is 0. The Morgan fingerprint density at radius 2 is 1.00 bits per heavy atom. The van der Waals surface area contributed by atoms with E-state index in [2.05, 4.69) is 0 Å². The minimum Gasteiger partial charge on any atom is -0.412 e. The molecule has 4 heteroatoms. The maximum Gasteiger partial charge on any atom is 0 e. The zero-order valence-corrected chi connectivity index (χ0v) is 9.11. The third-order valence-electron chi connectivity index (χ3n) is 0. The van der Waals surface area contributed by atoms with Gasteiger partial charge in [-0.2, -0.15) is 0 Å². The SMILES string of the molecule is O.[Ni].[Pr].[Sm]. The summed E-state index contributed by atoms with van der Waals surface area (Å²) in [7, 11) is 0. The van der Waals surface area contributed by atoms with Crippen LogP contribution in [-0.2, 0) is 16.5 Å². The Labute approximate surface area is 101 Å². The Morgan fingerprint density at radius 1 is 1.00 bits per heavy atom. The molecule has 0 aromatic rings. The van der Waals surface area contributed by atoms with E-state index < -0.39 is 0 Å². The molecule has 2 N–H and O–H groups in total. The first kappa shape index (κ1) is 27.2. The molecule has 0 amide bonds. The molecule has 0 rings (SSSR count). The zero-order chi connectivity index (χ0) is 0. The van der Waals surface area contributed by atoms with Crippen LogP contribution in [0.4, 0.5) is 0 Å². The van der Waals surface area contributed by atoms with Gasteiger partial charge in [-0.3, -0.25) is 0 Å². The molecule has 0 heterocycles. The average Bonchev–Trinajstić information content (AvgIpc) is 0. The second kappa shape index (κ2) is 16.4. The summed E-state index contributed by atoms with van der Waals surface area (Å²) < 4.78 is 0. The van der Waals surface area contributed by atoms with Gasteiger partial charge in [0.1, 0.15) is 0 Å². The average molecular weight is 368 g/mol. The van der Waals surface area contributed by atoms with Crippen LogP contribution in [0.5, 0.6) is 0 Å². The zero-order valence-electron chi connectivity index (χ0n) is 1.80. The number of rotatable bonds is 0. The summed E-state index contributed by atoms with van der Waals surface area (Å²) in [6.45, 7) is 0. The van der Waals surface area contributed by atoms with Gasteiger partial charge in [0.15, 0.2) is 0 Å². The molecular formula is H2NiOPrSm. The third kappa shape index (κ3) is 8.94. The fourth-order valence-corrected chi connectivity index (χ4v) is 0. The van der Waals surface area contributed by atoms with Crippen molar-refractivity contribution in [1.82, 2.24) is 0 Å². The summed E-state index contributed by atoms with van der Waals surface area (Å²) >= 11 is 0. The first-order valence-electron chi connectivity index (χ1n) is 0. The second-order valence-electron chi connectivity index (χ2n) is 0. The summed E-state index contributed by atoms with van der Waals surface area (Å²) in [5.74, 6) is 0. The van der Waals surface area contributed by atoms with Crippen molar-refractivity contribution in [3.8, 4) is 0 Å². The van der Waals surface area contributed by atoms with Gasteiger partial charge in [-0.25, -0.2) is 0 Å². The molecule has 0 aromatic carbocycles. The van der Waals surface area contributed by atoms with Crippen molar-refractivity contribution in [2.24, 2.45) is 0 Å². The van der Waals surface area contributed by atoms with Crippen molar-refractivity contribution < 1.29 is 104 Å². The standard InChI is InChI=1S/Ni.H2O.Pr.Sm/h;1H2;;. The van der Waals surface area contributed by atoms with Gasteiger partial charge in [0, 0.05) is 98.2 Å². The van der Waals surface area contributed by atoms with Crippen molar-refractivity contribution in [2.45, 2.75) is 0 Å². The van der Waals surface area contributed by atoms with Gasteiger partial charge in [0.2, 0.25) is 0 Å². The van der Waals surface area contributed by atoms with E-state index in [1.807, 2.05) is 0 Å².